The summed E-state index contributed by atoms with van der Waals surface area (Å²) in [4.78, 5) is 28.3. The zero-order chi connectivity index (χ0) is 18.3. The van der Waals surface area contributed by atoms with Crippen LogP contribution in [0.25, 0.3) is 0 Å². The van der Waals surface area contributed by atoms with Gasteiger partial charge in [0.1, 0.15) is 6.04 Å². The molecule has 26 heavy (non-hydrogen) atoms. The molecule has 5 aliphatic rings. The Morgan fingerprint density at radius 1 is 1.12 bits per heavy atom. The number of likely N-dealkylation sites (tertiary alicyclic amines) is 1. The zero-order valence-corrected chi connectivity index (χ0v) is 16.4. The summed E-state index contributed by atoms with van der Waals surface area (Å²) < 4.78 is 0. The number of rotatable bonds is 6. The predicted molar refractivity (Wildman–Crippen MR) is 101 cm³/mol. The van der Waals surface area contributed by atoms with E-state index in [2.05, 4.69) is 24.5 Å². The van der Waals surface area contributed by atoms with Gasteiger partial charge in [0, 0.05) is 19.1 Å². The van der Waals surface area contributed by atoms with Crippen molar-refractivity contribution in [1.82, 2.24) is 15.5 Å². The molecule has 0 aromatic rings. The molecule has 1 saturated heterocycles. The van der Waals surface area contributed by atoms with E-state index in [0.717, 1.165) is 62.9 Å². The highest BCUT2D eigenvalue weighted by atomic mass is 16.2. The summed E-state index contributed by atoms with van der Waals surface area (Å²) in [5.74, 6) is 2.66. The van der Waals surface area contributed by atoms with E-state index in [1.807, 2.05) is 4.90 Å². The van der Waals surface area contributed by atoms with Gasteiger partial charge in [0.15, 0.2) is 0 Å². The lowest BCUT2D eigenvalue weighted by molar-refractivity contribution is -0.160. The van der Waals surface area contributed by atoms with Crippen molar-refractivity contribution in [2.75, 3.05) is 19.6 Å². The van der Waals surface area contributed by atoms with Crippen LogP contribution in [0.1, 0.15) is 65.2 Å². The molecule has 0 spiro atoms. The van der Waals surface area contributed by atoms with Crippen LogP contribution in [0.15, 0.2) is 0 Å². The third-order valence-electron chi connectivity index (χ3n) is 7.44. The first kappa shape index (κ1) is 18.3. The molecule has 1 unspecified atom stereocenters. The zero-order valence-electron chi connectivity index (χ0n) is 16.4. The number of hydrogen-bond donors (Lipinski definition) is 2. The molecular formula is C21H35N3O2. The van der Waals surface area contributed by atoms with Crippen LogP contribution in [0.5, 0.6) is 0 Å². The van der Waals surface area contributed by atoms with E-state index in [1.54, 1.807) is 0 Å². The summed E-state index contributed by atoms with van der Waals surface area (Å²) in [5.41, 5.74) is -0.130. The molecule has 5 nitrogen and oxygen atoms in total. The van der Waals surface area contributed by atoms with E-state index in [-0.39, 0.29) is 23.4 Å². The van der Waals surface area contributed by atoms with Gasteiger partial charge in [-0.2, -0.15) is 0 Å². The normalized spacial score (nSPS) is 39.2. The Morgan fingerprint density at radius 3 is 2.31 bits per heavy atom. The summed E-state index contributed by atoms with van der Waals surface area (Å²) in [6.45, 7) is 6.44. The molecule has 0 aromatic heterocycles. The van der Waals surface area contributed by atoms with Gasteiger partial charge in [-0.05, 0) is 82.6 Å². The third kappa shape index (κ3) is 3.28. The highest BCUT2D eigenvalue weighted by Crippen LogP contribution is 2.60. The van der Waals surface area contributed by atoms with Crippen molar-refractivity contribution >= 4 is 11.8 Å². The van der Waals surface area contributed by atoms with Gasteiger partial charge in [-0.3, -0.25) is 9.59 Å². The monoisotopic (exact) mass is 361 g/mol. The van der Waals surface area contributed by atoms with Crippen LogP contribution in [0.2, 0.25) is 0 Å². The quantitative estimate of drug-likeness (QED) is 0.763. The van der Waals surface area contributed by atoms with E-state index >= 15 is 0 Å². The number of likely N-dealkylation sites (N-methyl/N-ethyl adjacent to an activating group) is 1. The van der Waals surface area contributed by atoms with Crippen LogP contribution in [-0.2, 0) is 9.59 Å². The van der Waals surface area contributed by atoms with E-state index in [9.17, 15) is 9.59 Å². The molecule has 2 amide bonds. The lowest BCUT2D eigenvalue weighted by atomic mass is 9.49. The van der Waals surface area contributed by atoms with Crippen molar-refractivity contribution in [3.05, 3.63) is 0 Å². The Kier molecular flexibility index (Phi) is 5.02. The fourth-order valence-electron chi connectivity index (χ4n) is 6.75. The van der Waals surface area contributed by atoms with Crippen LogP contribution in [0.4, 0.5) is 0 Å². The van der Waals surface area contributed by atoms with Crippen LogP contribution in [0, 0.1) is 23.2 Å². The van der Waals surface area contributed by atoms with Crippen LogP contribution >= 0.6 is 0 Å². The van der Waals surface area contributed by atoms with Gasteiger partial charge in [0.2, 0.25) is 11.8 Å². The van der Waals surface area contributed by atoms with E-state index < -0.39 is 0 Å². The minimum absolute atomic E-state index is 0.0466. The van der Waals surface area contributed by atoms with Gasteiger partial charge >= 0.3 is 0 Å². The molecule has 2 atom stereocenters. The molecule has 4 aliphatic carbocycles. The van der Waals surface area contributed by atoms with E-state index in [4.69, 9.17) is 0 Å². The number of hydrogen-bond acceptors (Lipinski definition) is 3. The second-order valence-electron chi connectivity index (χ2n) is 9.56. The summed E-state index contributed by atoms with van der Waals surface area (Å²) in [7, 11) is 0. The Hall–Kier alpha value is -1.10. The topological polar surface area (TPSA) is 61.4 Å². The second-order valence-corrected chi connectivity index (χ2v) is 9.56. The maximum atomic E-state index is 13.6. The molecule has 4 saturated carbocycles. The average molecular weight is 362 g/mol. The van der Waals surface area contributed by atoms with Crippen molar-refractivity contribution in [2.24, 2.45) is 23.2 Å². The molecule has 1 heterocycles. The Labute approximate surface area is 157 Å². The molecule has 5 fully saturated rings. The summed E-state index contributed by atoms with van der Waals surface area (Å²) >= 11 is 0. The molecule has 146 valence electrons. The fraction of sp³-hybridized carbons (Fsp3) is 0.905. The highest BCUT2D eigenvalue weighted by Gasteiger charge is 2.56. The minimum atomic E-state index is -0.246. The number of carbonyl (C=O) groups is 2. The van der Waals surface area contributed by atoms with Gasteiger partial charge in [-0.25, -0.2) is 0 Å². The smallest absolute Gasteiger partial charge is 0.242 e. The lowest BCUT2D eigenvalue weighted by Gasteiger charge is -2.56. The predicted octanol–water partition coefficient (Wildman–Crippen LogP) is 2.31. The molecule has 2 N–H and O–H groups in total. The number of nitrogens with one attached hydrogen (secondary N) is 2. The summed E-state index contributed by atoms with van der Waals surface area (Å²) in [5, 5.41) is 6.39. The molecular weight excluding hydrogens is 326 g/mol. The molecule has 0 aromatic carbocycles. The summed E-state index contributed by atoms with van der Waals surface area (Å²) in [6.07, 6.45) is 9.06. The van der Waals surface area contributed by atoms with E-state index in [1.165, 1.54) is 19.3 Å². The maximum absolute atomic E-state index is 13.6. The molecule has 0 radical (unpaired) electrons. The Morgan fingerprint density at radius 2 is 1.73 bits per heavy atom. The average Bonchev–Trinajstić information content (AvgIpc) is 3.07. The van der Waals surface area contributed by atoms with Gasteiger partial charge in [-0.1, -0.05) is 6.92 Å². The molecule has 4 bridgehead atoms. The van der Waals surface area contributed by atoms with Gasteiger partial charge in [0.25, 0.3) is 0 Å². The standard InChI is InChI=1S/C21H35N3O2/c1-3-22-14(2)13-23-19(25)18-5-4-6-24(18)20(26)21-10-15-7-16(11-21)9-17(8-15)12-21/h14-18,22H,3-13H2,1-2H3,(H,23,25)/t14-,15?,16?,17?,18?,21?/m1/s1. The maximum Gasteiger partial charge on any atom is 0.242 e. The first-order valence-electron chi connectivity index (χ1n) is 10.8. The van der Waals surface area contributed by atoms with Crippen LogP contribution in [-0.4, -0.2) is 48.4 Å². The van der Waals surface area contributed by atoms with Gasteiger partial charge in [-0.15, -0.1) is 0 Å². The third-order valence-corrected chi connectivity index (χ3v) is 7.44. The van der Waals surface area contributed by atoms with Crippen molar-refractivity contribution < 1.29 is 9.59 Å². The SMILES string of the molecule is CCN[C@H](C)CNC(=O)C1CCCN1C(=O)C12CC3CC(CC(C3)C1)C2. The van der Waals surface area contributed by atoms with Crippen LogP contribution in [0.3, 0.4) is 0 Å². The minimum Gasteiger partial charge on any atom is -0.353 e. The first-order valence-corrected chi connectivity index (χ1v) is 10.8. The molecule has 1 aliphatic heterocycles. The van der Waals surface area contributed by atoms with E-state index in [0.29, 0.717) is 12.5 Å². The van der Waals surface area contributed by atoms with Gasteiger partial charge in [0.05, 0.1) is 5.41 Å². The van der Waals surface area contributed by atoms with Crippen LogP contribution < -0.4 is 10.6 Å². The second kappa shape index (κ2) is 7.14. The fourth-order valence-corrected chi connectivity index (χ4v) is 6.75. The number of amides is 2. The van der Waals surface area contributed by atoms with Crippen molar-refractivity contribution in [2.45, 2.75) is 77.3 Å². The molecule has 5 rings (SSSR count). The van der Waals surface area contributed by atoms with Crippen molar-refractivity contribution in [3.63, 3.8) is 0 Å². The largest absolute Gasteiger partial charge is 0.353 e. The highest BCUT2D eigenvalue weighted by molar-refractivity contribution is 5.91. The summed E-state index contributed by atoms with van der Waals surface area (Å²) in [6, 6.07) is 0.0157. The molecule has 5 heteroatoms. The van der Waals surface area contributed by atoms with Crippen molar-refractivity contribution in [1.29, 1.82) is 0 Å². The first-order chi connectivity index (χ1) is 12.5. The Balaban J connectivity index is 1.41. The number of nitrogens with zero attached hydrogens (tertiary/aromatic N) is 1. The van der Waals surface area contributed by atoms with Gasteiger partial charge < -0.3 is 15.5 Å². The Bertz CT molecular complexity index is 526. The lowest BCUT2D eigenvalue weighted by Crippen LogP contribution is -2.57. The number of carbonyl (C=O) groups excluding carboxylic acids is 2. The van der Waals surface area contributed by atoms with Crippen molar-refractivity contribution in [3.8, 4) is 0 Å².